The van der Waals surface area contributed by atoms with E-state index in [-0.39, 0.29) is 18.1 Å². The van der Waals surface area contributed by atoms with Gasteiger partial charge in [-0.05, 0) is 44.0 Å². The van der Waals surface area contributed by atoms with Crippen LogP contribution in [0.15, 0.2) is 21.5 Å². The predicted molar refractivity (Wildman–Crippen MR) is 98.6 cm³/mol. The summed E-state index contributed by atoms with van der Waals surface area (Å²) in [4.78, 5) is 21.5. The standard InChI is InChI=1S/C18H22N4O6/c1-8-4-11-12(5-9(8)2)22(6-13(24)16(26)14(25)7-23)18(27)15(20-11)17-19-10(3)21-28-17/h4-5,13-14,16,23-26H,6-7H2,1-3H3/t13-,14+,16-/m0/s1. The van der Waals surface area contributed by atoms with Gasteiger partial charge in [0, 0.05) is 0 Å². The average Bonchev–Trinajstić information content (AvgIpc) is 3.10. The van der Waals surface area contributed by atoms with Crippen LogP contribution in [0.25, 0.3) is 22.6 Å². The molecule has 0 aliphatic rings. The monoisotopic (exact) mass is 390 g/mol. The van der Waals surface area contributed by atoms with Crippen LogP contribution in [0, 0.1) is 20.8 Å². The highest BCUT2D eigenvalue weighted by Gasteiger charge is 2.27. The van der Waals surface area contributed by atoms with Gasteiger partial charge < -0.3 is 29.5 Å². The molecule has 2 heterocycles. The average molecular weight is 390 g/mol. The van der Waals surface area contributed by atoms with Gasteiger partial charge in [-0.1, -0.05) is 5.16 Å². The van der Waals surface area contributed by atoms with E-state index >= 15 is 0 Å². The molecule has 2 aromatic heterocycles. The number of hydrogen-bond acceptors (Lipinski definition) is 9. The summed E-state index contributed by atoms with van der Waals surface area (Å²) in [5, 5.41) is 42.5. The molecule has 3 atom stereocenters. The third kappa shape index (κ3) is 3.67. The molecule has 0 bridgehead atoms. The maximum absolute atomic E-state index is 13.1. The molecule has 4 N–H and O–H groups in total. The first-order chi connectivity index (χ1) is 13.2. The number of aliphatic hydroxyl groups excluding tert-OH is 4. The van der Waals surface area contributed by atoms with Crippen LogP contribution in [0.5, 0.6) is 0 Å². The van der Waals surface area contributed by atoms with E-state index in [0.717, 1.165) is 11.1 Å². The van der Waals surface area contributed by atoms with Crippen LogP contribution < -0.4 is 5.56 Å². The van der Waals surface area contributed by atoms with Crippen molar-refractivity contribution >= 4 is 11.0 Å². The third-order valence-electron chi connectivity index (χ3n) is 4.64. The maximum atomic E-state index is 13.1. The lowest BCUT2D eigenvalue weighted by atomic mass is 10.1. The Hall–Kier alpha value is -2.66. The Morgan fingerprint density at radius 3 is 2.36 bits per heavy atom. The minimum Gasteiger partial charge on any atom is -0.394 e. The molecule has 0 aliphatic heterocycles. The largest absolute Gasteiger partial charge is 0.394 e. The Labute approximate surface area is 159 Å². The highest BCUT2D eigenvalue weighted by atomic mass is 16.5. The fourth-order valence-corrected chi connectivity index (χ4v) is 2.87. The van der Waals surface area contributed by atoms with Crippen molar-refractivity contribution in [1.29, 1.82) is 0 Å². The molecule has 0 aliphatic carbocycles. The molecule has 28 heavy (non-hydrogen) atoms. The molecule has 10 heteroatoms. The minimum absolute atomic E-state index is 0.0539. The summed E-state index contributed by atoms with van der Waals surface area (Å²) in [5.41, 5.74) is 2.10. The number of hydrogen-bond donors (Lipinski definition) is 4. The van der Waals surface area contributed by atoms with Crippen LogP contribution in [0.2, 0.25) is 0 Å². The van der Waals surface area contributed by atoms with Gasteiger partial charge >= 0.3 is 0 Å². The van der Waals surface area contributed by atoms with Gasteiger partial charge in [0.1, 0.15) is 18.3 Å². The van der Waals surface area contributed by atoms with Gasteiger partial charge in [-0.2, -0.15) is 4.98 Å². The van der Waals surface area contributed by atoms with E-state index in [4.69, 9.17) is 9.63 Å². The number of aromatic nitrogens is 4. The Balaban J connectivity index is 2.19. The lowest BCUT2D eigenvalue weighted by Crippen LogP contribution is -2.43. The normalized spacial score (nSPS) is 15.0. The third-order valence-corrected chi connectivity index (χ3v) is 4.64. The molecular weight excluding hydrogens is 368 g/mol. The first kappa shape index (κ1) is 20.1. The van der Waals surface area contributed by atoms with Crippen LogP contribution in [0.4, 0.5) is 0 Å². The van der Waals surface area contributed by atoms with E-state index in [1.165, 1.54) is 4.57 Å². The summed E-state index contributed by atoms with van der Waals surface area (Å²) in [5.74, 6) is 0.284. The van der Waals surface area contributed by atoms with Crippen LogP contribution in [-0.4, -0.2) is 65.0 Å². The van der Waals surface area contributed by atoms with E-state index < -0.39 is 30.5 Å². The van der Waals surface area contributed by atoms with E-state index in [1.54, 1.807) is 19.1 Å². The van der Waals surface area contributed by atoms with Crippen molar-refractivity contribution in [2.24, 2.45) is 0 Å². The zero-order valence-corrected chi connectivity index (χ0v) is 15.7. The van der Waals surface area contributed by atoms with Crippen molar-refractivity contribution in [3.8, 4) is 11.6 Å². The Bertz CT molecular complexity index is 1060. The quantitative estimate of drug-likeness (QED) is 0.434. The summed E-state index contributed by atoms with van der Waals surface area (Å²) in [6.45, 7) is 4.32. The molecule has 0 spiro atoms. The second-order valence-electron chi connectivity index (χ2n) is 6.76. The highest BCUT2D eigenvalue weighted by molar-refractivity contribution is 5.78. The number of aliphatic hydroxyl groups is 4. The van der Waals surface area contributed by atoms with E-state index in [0.29, 0.717) is 16.9 Å². The fourth-order valence-electron chi connectivity index (χ4n) is 2.87. The van der Waals surface area contributed by atoms with Crippen molar-refractivity contribution in [1.82, 2.24) is 19.7 Å². The van der Waals surface area contributed by atoms with Crippen molar-refractivity contribution < 1.29 is 24.9 Å². The smallest absolute Gasteiger partial charge is 0.282 e. The fraction of sp³-hybridized carbons (Fsp3) is 0.444. The molecule has 1 aromatic carbocycles. The van der Waals surface area contributed by atoms with Gasteiger partial charge in [0.25, 0.3) is 11.4 Å². The van der Waals surface area contributed by atoms with E-state index in [9.17, 15) is 20.1 Å². The second kappa shape index (κ2) is 7.76. The van der Waals surface area contributed by atoms with Crippen LogP contribution in [-0.2, 0) is 6.54 Å². The second-order valence-corrected chi connectivity index (χ2v) is 6.76. The molecule has 0 radical (unpaired) electrons. The first-order valence-electron chi connectivity index (χ1n) is 8.70. The summed E-state index contributed by atoms with van der Waals surface area (Å²) in [6.07, 6.45) is -4.69. The summed E-state index contributed by atoms with van der Waals surface area (Å²) < 4.78 is 6.31. The number of benzene rings is 1. The van der Waals surface area contributed by atoms with Crippen LogP contribution >= 0.6 is 0 Å². The van der Waals surface area contributed by atoms with Gasteiger partial charge in [-0.25, -0.2) is 4.98 Å². The molecule has 0 unspecified atom stereocenters. The van der Waals surface area contributed by atoms with Crippen molar-refractivity contribution in [3.05, 3.63) is 39.4 Å². The number of rotatable bonds is 6. The summed E-state index contributed by atoms with van der Waals surface area (Å²) in [6, 6.07) is 3.54. The van der Waals surface area contributed by atoms with Gasteiger partial charge in [-0.3, -0.25) is 4.79 Å². The lowest BCUT2D eigenvalue weighted by molar-refractivity contribution is -0.0805. The summed E-state index contributed by atoms with van der Waals surface area (Å²) in [7, 11) is 0. The topological polar surface area (TPSA) is 155 Å². The van der Waals surface area contributed by atoms with Crippen LogP contribution in [0.1, 0.15) is 17.0 Å². The Morgan fingerprint density at radius 2 is 1.75 bits per heavy atom. The number of nitrogens with zero attached hydrogens (tertiary/aromatic N) is 4. The minimum atomic E-state index is -1.64. The molecule has 150 valence electrons. The number of aryl methyl sites for hydroxylation is 3. The van der Waals surface area contributed by atoms with Crippen molar-refractivity contribution in [3.63, 3.8) is 0 Å². The molecule has 0 saturated heterocycles. The molecular formula is C18H22N4O6. The molecule has 10 nitrogen and oxygen atoms in total. The van der Waals surface area contributed by atoms with Crippen molar-refractivity contribution in [2.75, 3.05) is 6.61 Å². The molecule has 3 rings (SSSR count). The zero-order chi connectivity index (χ0) is 20.6. The van der Waals surface area contributed by atoms with Gasteiger partial charge in [0.15, 0.2) is 11.5 Å². The van der Waals surface area contributed by atoms with Crippen LogP contribution in [0.3, 0.4) is 0 Å². The predicted octanol–water partition coefficient (Wildman–Crippen LogP) is -0.553. The van der Waals surface area contributed by atoms with Gasteiger partial charge in [-0.15, -0.1) is 0 Å². The molecule has 3 aromatic rings. The molecule has 0 amide bonds. The SMILES string of the molecule is Cc1noc(-c2nc3cc(C)c(C)cc3n(C[C@H](O)[C@H](O)[C@H](O)CO)c2=O)n1. The van der Waals surface area contributed by atoms with E-state index in [2.05, 4.69) is 15.1 Å². The first-order valence-corrected chi connectivity index (χ1v) is 8.70. The molecule has 0 fully saturated rings. The van der Waals surface area contributed by atoms with E-state index in [1.807, 2.05) is 13.8 Å². The van der Waals surface area contributed by atoms with Gasteiger partial charge in [0.2, 0.25) is 0 Å². The lowest BCUT2D eigenvalue weighted by Gasteiger charge is -2.23. The summed E-state index contributed by atoms with van der Waals surface area (Å²) >= 11 is 0. The maximum Gasteiger partial charge on any atom is 0.282 e. The highest BCUT2D eigenvalue weighted by Crippen LogP contribution is 2.21. The molecule has 0 saturated carbocycles. The Morgan fingerprint density at radius 1 is 1.07 bits per heavy atom. The number of fused-ring (bicyclic) bond motifs is 1. The van der Waals surface area contributed by atoms with Gasteiger partial charge in [0.05, 0.1) is 24.2 Å². The Kier molecular flexibility index (Phi) is 5.57. The van der Waals surface area contributed by atoms with Crippen molar-refractivity contribution in [2.45, 2.75) is 45.6 Å². The zero-order valence-electron chi connectivity index (χ0n) is 15.7.